The maximum absolute atomic E-state index is 11.6. The summed E-state index contributed by atoms with van der Waals surface area (Å²) in [4.78, 5) is 11.6. The van der Waals surface area contributed by atoms with Crippen molar-refractivity contribution in [2.45, 2.75) is 54.4 Å². The lowest BCUT2D eigenvalue weighted by Gasteiger charge is -2.30. The van der Waals surface area contributed by atoms with Gasteiger partial charge < -0.3 is 10.4 Å². The number of hydrogen-bond donors (Lipinski definition) is 2. The molecule has 5 nitrogen and oxygen atoms in total. The highest BCUT2D eigenvalue weighted by Gasteiger charge is 2.25. The standard InChI is InChI=1S/C16H27N3O2/c1-7-11-12(8-2)18-19-14(13(11)15(20)21)17-9-16(5,6)10(3)4/h10H,7-9H2,1-6H3,(H,17,19)(H,20,21). The zero-order chi connectivity index (χ0) is 16.2. The average molecular weight is 293 g/mol. The molecule has 2 N–H and O–H groups in total. The number of carboxylic acids is 1. The highest BCUT2D eigenvalue weighted by molar-refractivity contribution is 5.95. The van der Waals surface area contributed by atoms with E-state index in [1.54, 1.807) is 0 Å². The molecule has 5 heteroatoms. The topological polar surface area (TPSA) is 75.1 Å². The summed E-state index contributed by atoms with van der Waals surface area (Å²) in [6.45, 7) is 13.2. The highest BCUT2D eigenvalue weighted by Crippen LogP contribution is 2.27. The average Bonchev–Trinajstić information content (AvgIpc) is 2.43. The largest absolute Gasteiger partial charge is 0.478 e. The summed E-state index contributed by atoms with van der Waals surface area (Å²) < 4.78 is 0. The quantitative estimate of drug-likeness (QED) is 0.806. The van der Waals surface area contributed by atoms with Gasteiger partial charge in [-0.2, -0.15) is 5.10 Å². The molecule has 118 valence electrons. The predicted molar refractivity (Wildman–Crippen MR) is 84.9 cm³/mol. The van der Waals surface area contributed by atoms with Crippen LogP contribution in [0.1, 0.15) is 63.2 Å². The van der Waals surface area contributed by atoms with E-state index in [1.165, 1.54) is 0 Å². The molecule has 21 heavy (non-hydrogen) atoms. The van der Waals surface area contributed by atoms with Crippen LogP contribution < -0.4 is 5.32 Å². The van der Waals surface area contributed by atoms with Gasteiger partial charge in [0.25, 0.3) is 0 Å². The molecule has 0 radical (unpaired) electrons. The van der Waals surface area contributed by atoms with Crippen LogP contribution in [0.25, 0.3) is 0 Å². The summed E-state index contributed by atoms with van der Waals surface area (Å²) in [5.41, 5.74) is 1.87. The first-order chi connectivity index (χ1) is 9.74. The number of aryl methyl sites for hydroxylation is 1. The van der Waals surface area contributed by atoms with Crippen molar-refractivity contribution in [1.82, 2.24) is 10.2 Å². The van der Waals surface area contributed by atoms with Crippen LogP contribution in [0.3, 0.4) is 0 Å². The molecule has 0 saturated carbocycles. The van der Waals surface area contributed by atoms with Gasteiger partial charge in [0.05, 0.1) is 5.69 Å². The zero-order valence-corrected chi connectivity index (χ0v) is 13.9. The molecule has 0 aliphatic heterocycles. The van der Waals surface area contributed by atoms with Crippen molar-refractivity contribution in [2.75, 3.05) is 11.9 Å². The van der Waals surface area contributed by atoms with Gasteiger partial charge in [-0.1, -0.05) is 41.5 Å². The van der Waals surface area contributed by atoms with E-state index in [1.807, 2.05) is 13.8 Å². The van der Waals surface area contributed by atoms with Gasteiger partial charge in [-0.15, -0.1) is 5.10 Å². The summed E-state index contributed by atoms with van der Waals surface area (Å²) in [5, 5.41) is 21.0. The second kappa shape index (κ2) is 6.87. The van der Waals surface area contributed by atoms with Gasteiger partial charge in [0.15, 0.2) is 5.82 Å². The van der Waals surface area contributed by atoms with E-state index in [0.29, 0.717) is 31.1 Å². The Labute approximate surface area is 127 Å². The summed E-state index contributed by atoms with van der Waals surface area (Å²) >= 11 is 0. The van der Waals surface area contributed by atoms with Gasteiger partial charge in [-0.3, -0.25) is 0 Å². The Kier molecular flexibility index (Phi) is 5.70. The van der Waals surface area contributed by atoms with Gasteiger partial charge in [0.2, 0.25) is 0 Å². The molecule has 0 fully saturated rings. The third-order valence-electron chi connectivity index (χ3n) is 4.33. The summed E-state index contributed by atoms with van der Waals surface area (Å²) in [5.74, 6) is -0.0848. The third kappa shape index (κ3) is 3.93. The molecule has 1 aromatic heterocycles. The molecular weight excluding hydrogens is 266 g/mol. The molecule has 0 unspecified atom stereocenters. The maximum Gasteiger partial charge on any atom is 0.339 e. The Balaban J connectivity index is 3.16. The molecule has 0 aromatic carbocycles. The highest BCUT2D eigenvalue weighted by atomic mass is 16.4. The fourth-order valence-electron chi connectivity index (χ4n) is 2.04. The molecule has 0 aliphatic carbocycles. The molecule has 0 spiro atoms. The minimum atomic E-state index is -0.943. The van der Waals surface area contributed by atoms with E-state index >= 15 is 0 Å². The monoisotopic (exact) mass is 293 g/mol. The van der Waals surface area contributed by atoms with Gasteiger partial charge in [0.1, 0.15) is 5.56 Å². The molecule has 0 aliphatic rings. The van der Waals surface area contributed by atoms with Gasteiger partial charge >= 0.3 is 5.97 Å². The van der Waals surface area contributed by atoms with E-state index in [4.69, 9.17) is 0 Å². The molecule has 0 amide bonds. The van der Waals surface area contributed by atoms with Crippen LogP contribution in [0.2, 0.25) is 0 Å². The number of hydrogen-bond acceptors (Lipinski definition) is 4. The fourth-order valence-corrected chi connectivity index (χ4v) is 2.04. The number of carboxylic acid groups (broad SMARTS) is 1. The Hall–Kier alpha value is -1.65. The van der Waals surface area contributed by atoms with Gasteiger partial charge in [-0.25, -0.2) is 4.79 Å². The van der Waals surface area contributed by atoms with Crippen LogP contribution in [-0.2, 0) is 12.8 Å². The van der Waals surface area contributed by atoms with E-state index in [9.17, 15) is 9.90 Å². The van der Waals surface area contributed by atoms with Crippen LogP contribution in [-0.4, -0.2) is 27.8 Å². The van der Waals surface area contributed by atoms with Crippen molar-refractivity contribution in [3.05, 3.63) is 16.8 Å². The lowest BCUT2D eigenvalue weighted by Crippen LogP contribution is -2.29. The van der Waals surface area contributed by atoms with E-state index in [-0.39, 0.29) is 11.0 Å². The number of aromatic carboxylic acids is 1. The predicted octanol–water partition coefficient (Wildman–Crippen LogP) is 3.39. The van der Waals surface area contributed by atoms with Crippen LogP contribution >= 0.6 is 0 Å². The third-order valence-corrected chi connectivity index (χ3v) is 4.33. The van der Waals surface area contributed by atoms with Gasteiger partial charge in [0, 0.05) is 6.54 Å². The van der Waals surface area contributed by atoms with Crippen molar-refractivity contribution < 1.29 is 9.90 Å². The fraction of sp³-hybridized carbons (Fsp3) is 0.688. The molecule has 1 aromatic rings. The summed E-state index contributed by atoms with van der Waals surface area (Å²) in [7, 11) is 0. The van der Waals surface area contributed by atoms with Crippen molar-refractivity contribution >= 4 is 11.8 Å². The minimum absolute atomic E-state index is 0.0489. The zero-order valence-electron chi connectivity index (χ0n) is 13.9. The molecule has 0 atom stereocenters. The lowest BCUT2D eigenvalue weighted by molar-refractivity contribution is 0.0696. The smallest absolute Gasteiger partial charge is 0.339 e. The van der Waals surface area contributed by atoms with E-state index in [2.05, 4.69) is 43.2 Å². The van der Waals surface area contributed by atoms with Crippen LogP contribution in [0.5, 0.6) is 0 Å². The van der Waals surface area contributed by atoms with Gasteiger partial charge in [-0.05, 0) is 29.7 Å². The number of carbonyl (C=O) groups is 1. The van der Waals surface area contributed by atoms with Crippen LogP contribution in [0.4, 0.5) is 5.82 Å². The summed E-state index contributed by atoms with van der Waals surface area (Å²) in [6.07, 6.45) is 1.33. The number of nitrogens with one attached hydrogen (secondary N) is 1. The summed E-state index contributed by atoms with van der Waals surface area (Å²) in [6, 6.07) is 0. The van der Waals surface area contributed by atoms with E-state index in [0.717, 1.165) is 11.3 Å². The second-order valence-electron chi connectivity index (χ2n) is 6.36. The molecule has 1 heterocycles. The Morgan fingerprint density at radius 3 is 2.29 bits per heavy atom. The maximum atomic E-state index is 11.6. The number of anilines is 1. The molecular formula is C16H27N3O2. The van der Waals surface area contributed by atoms with Crippen LogP contribution in [0, 0.1) is 11.3 Å². The second-order valence-corrected chi connectivity index (χ2v) is 6.36. The molecule has 0 saturated heterocycles. The lowest BCUT2D eigenvalue weighted by atomic mass is 9.81. The minimum Gasteiger partial charge on any atom is -0.478 e. The first-order valence-electron chi connectivity index (χ1n) is 7.60. The number of nitrogens with zero attached hydrogens (tertiary/aromatic N) is 2. The Morgan fingerprint density at radius 2 is 1.86 bits per heavy atom. The van der Waals surface area contributed by atoms with Crippen LogP contribution in [0.15, 0.2) is 0 Å². The van der Waals surface area contributed by atoms with Crippen molar-refractivity contribution in [1.29, 1.82) is 0 Å². The van der Waals surface area contributed by atoms with E-state index < -0.39 is 5.97 Å². The molecule has 0 bridgehead atoms. The first kappa shape index (κ1) is 17.4. The van der Waals surface area contributed by atoms with Crippen molar-refractivity contribution in [2.24, 2.45) is 11.3 Å². The number of aromatic nitrogens is 2. The Bertz CT molecular complexity index is 510. The Morgan fingerprint density at radius 1 is 1.24 bits per heavy atom. The van der Waals surface area contributed by atoms with Crippen molar-refractivity contribution in [3.8, 4) is 0 Å². The van der Waals surface area contributed by atoms with Crippen molar-refractivity contribution in [3.63, 3.8) is 0 Å². The molecule has 1 rings (SSSR count). The SMILES string of the molecule is CCc1nnc(NCC(C)(C)C(C)C)c(C(=O)O)c1CC. The number of rotatable bonds is 7. The first-order valence-corrected chi connectivity index (χ1v) is 7.60. The normalized spacial score (nSPS) is 11.8.